The Kier molecular flexibility index (Phi) is 3.71. The van der Waals surface area contributed by atoms with Gasteiger partial charge in [0, 0.05) is 0 Å². The van der Waals surface area contributed by atoms with Crippen molar-refractivity contribution in [2.24, 2.45) is 0 Å². The van der Waals surface area contributed by atoms with Crippen LogP contribution in [0, 0.1) is 6.92 Å². The molecule has 0 aliphatic carbocycles. The highest BCUT2D eigenvalue weighted by molar-refractivity contribution is 7.86. The molecule has 0 saturated carbocycles. The summed E-state index contributed by atoms with van der Waals surface area (Å²) in [6, 6.07) is 6.13. The monoisotopic (exact) mass is 370 g/mol. The molecular weight excluding hydrogens is 352 g/mol. The summed E-state index contributed by atoms with van der Waals surface area (Å²) in [5.41, 5.74) is 0.906. The Morgan fingerprint density at radius 2 is 1.72 bits per heavy atom. The van der Waals surface area contributed by atoms with E-state index in [4.69, 9.17) is 23.1 Å². The van der Waals surface area contributed by atoms with Crippen molar-refractivity contribution in [1.82, 2.24) is 0 Å². The summed E-state index contributed by atoms with van der Waals surface area (Å²) >= 11 is 0. The van der Waals surface area contributed by atoms with Gasteiger partial charge in [-0.05, 0) is 32.9 Å². The fourth-order valence-corrected chi connectivity index (χ4v) is 4.25. The first-order chi connectivity index (χ1) is 11.7. The molecule has 0 aromatic heterocycles. The van der Waals surface area contributed by atoms with E-state index in [-0.39, 0.29) is 4.90 Å². The van der Waals surface area contributed by atoms with Crippen molar-refractivity contribution in [2.75, 3.05) is 0 Å². The molecule has 136 valence electrons. The molecule has 4 rings (SSSR count). The number of benzene rings is 1. The van der Waals surface area contributed by atoms with E-state index < -0.39 is 52.6 Å². The number of ether oxygens (including phenoxy) is 4. The summed E-state index contributed by atoms with van der Waals surface area (Å²) in [5.74, 6) is -1.66. The van der Waals surface area contributed by atoms with Crippen LogP contribution in [0.3, 0.4) is 0 Å². The van der Waals surface area contributed by atoms with Gasteiger partial charge in [-0.15, -0.1) is 0 Å². The first-order valence-corrected chi connectivity index (χ1v) is 9.29. The molecule has 1 aromatic carbocycles. The predicted molar refractivity (Wildman–Crippen MR) is 81.8 cm³/mol. The van der Waals surface area contributed by atoms with Crippen LogP contribution in [0.1, 0.15) is 19.4 Å². The lowest BCUT2D eigenvalue weighted by Crippen LogP contribution is -2.37. The van der Waals surface area contributed by atoms with Gasteiger partial charge in [-0.25, -0.2) is 8.98 Å². The molecule has 5 atom stereocenters. The van der Waals surface area contributed by atoms with Crippen LogP contribution in [-0.2, 0) is 38.0 Å². The maximum Gasteiger partial charge on any atom is 0.340 e. The van der Waals surface area contributed by atoms with Crippen molar-refractivity contribution in [3.05, 3.63) is 29.8 Å². The Morgan fingerprint density at radius 1 is 1.04 bits per heavy atom. The zero-order chi connectivity index (χ0) is 18.0. The van der Waals surface area contributed by atoms with E-state index in [1.807, 2.05) is 6.92 Å². The third kappa shape index (κ3) is 2.85. The fourth-order valence-electron chi connectivity index (χ4n) is 3.21. The Bertz CT molecular complexity index is 800. The Hall–Kier alpha value is -1.52. The third-order valence-corrected chi connectivity index (χ3v) is 5.66. The largest absolute Gasteiger partial charge is 0.454 e. The summed E-state index contributed by atoms with van der Waals surface area (Å²) in [6.45, 7) is 5.27. The van der Waals surface area contributed by atoms with Crippen molar-refractivity contribution < 1.29 is 36.3 Å². The van der Waals surface area contributed by atoms with Gasteiger partial charge in [0.15, 0.2) is 24.3 Å². The average molecular weight is 370 g/mol. The number of hydrogen-bond acceptors (Lipinski definition) is 8. The molecule has 3 saturated heterocycles. The molecule has 8 nitrogen and oxygen atoms in total. The number of rotatable bonds is 3. The van der Waals surface area contributed by atoms with Gasteiger partial charge in [-0.2, -0.15) is 8.42 Å². The highest BCUT2D eigenvalue weighted by Gasteiger charge is 2.64. The van der Waals surface area contributed by atoms with Gasteiger partial charge in [0.2, 0.25) is 6.10 Å². The van der Waals surface area contributed by atoms with E-state index >= 15 is 0 Å². The molecular formula is C16H18O8S. The SMILES string of the molecule is Cc1ccc(S(=O)(=O)O[C@H]2C(=O)O[C@@H]3C2O[C@H]2OC(C)(C)O[C@H]23)cc1. The van der Waals surface area contributed by atoms with Gasteiger partial charge < -0.3 is 18.9 Å². The normalized spacial score (nSPS) is 36.1. The predicted octanol–water partition coefficient (Wildman–Crippen LogP) is 0.871. The Morgan fingerprint density at radius 3 is 2.40 bits per heavy atom. The van der Waals surface area contributed by atoms with E-state index in [1.54, 1.807) is 26.0 Å². The van der Waals surface area contributed by atoms with Gasteiger partial charge in [0.1, 0.15) is 6.10 Å². The number of hydrogen-bond donors (Lipinski definition) is 0. The number of esters is 1. The molecule has 0 radical (unpaired) electrons. The molecule has 3 heterocycles. The van der Waals surface area contributed by atoms with Crippen molar-refractivity contribution in [1.29, 1.82) is 0 Å². The van der Waals surface area contributed by atoms with Gasteiger partial charge in [-0.1, -0.05) is 17.7 Å². The van der Waals surface area contributed by atoms with Crippen molar-refractivity contribution >= 4 is 16.1 Å². The molecule has 3 aliphatic rings. The van der Waals surface area contributed by atoms with Crippen LogP contribution in [0.4, 0.5) is 0 Å². The minimum Gasteiger partial charge on any atom is -0.454 e. The quantitative estimate of drug-likeness (QED) is 0.571. The summed E-state index contributed by atoms with van der Waals surface area (Å²) in [7, 11) is -4.14. The smallest absolute Gasteiger partial charge is 0.340 e. The summed E-state index contributed by atoms with van der Waals surface area (Å²) in [5, 5.41) is 0. The van der Waals surface area contributed by atoms with Gasteiger partial charge in [-0.3, -0.25) is 0 Å². The first-order valence-electron chi connectivity index (χ1n) is 7.88. The van der Waals surface area contributed by atoms with Crippen molar-refractivity contribution in [3.63, 3.8) is 0 Å². The molecule has 1 aromatic rings. The summed E-state index contributed by atoms with van der Waals surface area (Å²) in [4.78, 5) is 12.1. The van der Waals surface area contributed by atoms with Crippen LogP contribution in [0.5, 0.6) is 0 Å². The molecule has 0 amide bonds. The van der Waals surface area contributed by atoms with Gasteiger partial charge in [0.05, 0.1) is 4.90 Å². The lowest BCUT2D eigenvalue weighted by atomic mass is 10.1. The maximum atomic E-state index is 12.4. The fraction of sp³-hybridized carbons (Fsp3) is 0.562. The first kappa shape index (κ1) is 16.9. The highest BCUT2D eigenvalue weighted by atomic mass is 32.2. The molecule has 9 heteroatoms. The average Bonchev–Trinajstić information content (AvgIpc) is 3.08. The van der Waals surface area contributed by atoms with Gasteiger partial charge in [0.25, 0.3) is 10.1 Å². The number of carbonyl (C=O) groups is 1. The van der Waals surface area contributed by atoms with Crippen LogP contribution in [0.15, 0.2) is 29.2 Å². The second-order valence-electron chi connectivity index (χ2n) is 6.75. The van der Waals surface area contributed by atoms with E-state index in [0.717, 1.165) is 5.56 Å². The number of fused-ring (bicyclic) bond motifs is 3. The Balaban J connectivity index is 1.54. The van der Waals surface area contributed by atoms with Crippen LogP contribution < -0.4 is 0 Å². The van der Waals surface area contributed by atoms with Crippen molar-refractivity contribution in [3.8, 4) is 0 Å². The topological polar surface area (TPSA) is 97.4 Å². The minimum absolute atomic E-state index is 0.0406. The lowest BCUT2D eigenvalue weighted by molar-refractivity contribution is -0.213. The van der Waals surface area contributed by atoms with E-state index in [2.05, 4.69) is 0 Å². The number of aryl methyl sites for hydroxylation is 1. The summed E-state index contributed by atoms with van der Waals surface area (Å²) < 4.78 is 52.2. The molecule has 3 aliphatic heterocycles. The van der Waals surface area contributed by atoms with Crippen LogP contribution in [-0.4, -0.2) is 50.9 Å². The van der Waals surface area contributed by atoms with E-state index in [0.29, 0.717) is 0 Å². The van der Waals surface area contributed by atoms with E-state index in [9.17, 15) is 13.2 Å². The molecule has 0 N–H and O–H groups in total. The molecule has 3 fully saturated rings. The van der Waals surface area contributed by atoms with Crippen molar-refractivity contribution in [2.45, 2.75) is 62.2 Å². The number of carbonyl (C=O) groups excluding carboxylic acids is 1. The molecule has 0 spiro atoms. The van der Waals surface area contributed by atoms with Crippen LogP contribution in [0.25, 0.3) is 0 Å². The summed E-state index contributed by atoms with van der Waals surface area (Å²) in [6.07, 6.45) is -4.40. The van der Waals surface area contributed by atoms with Gasteiger partial charge >= 0.3 is 5.97 Å². The highest BCUT2D eigenvalue weighted by Crippen LogP contribution is 2.43. The molecule has 0 bridgehead atoms. The minimum atomic E-state index is -4.14. The zero-order valence-electron chi connectivity index (χ0n) is 13.9. The maximum absolute atomic E-state index is 12.4. The standard InChI is InChI=1S/C16H18O8S/c1-8-4-6-9(7-5-8)25(18,19)24-12-10-11(20-14(12)17)13-15(21-10)23-16(2,3)22-13/h4-7,10-13,15H,1-3H3/t10?,11-,12-,13+,15+/m1/s1. The molecule has 25 heavy (non-hydrogen) atoms. The molecule has 1 unspecified atom stereocenters. The third-order valence-electron chi connectivity index (χ3n) is 4.35. The zero-order valence-corrected chi connectivity index (χ0v) is 14.7. The second kappa shape index (κ2) is 5.49. The van der Waals surface area contributed by atoms with E-state index in [1.165, 1.54) is 12.1 Å². The van der Waals surface area contributed by atoms with Crippen LogP contribution >= 0.6 is 0 Å². The lowest BCUT2D eigenvalue weighted by Gasteiger charge is -2.21. The van der Waals surface area contributed by atoms with Crippen LogP contribution in [0.2, 0.25) is 0 Å². The Labute approximate surface area is 145 Å². The second-order valence-corrected chi connectivity index (χ2v) is 8.33.